The summed E-state index contributed by atoms with van der Waals surface area (Å²) in [5.41, 5.74) is 2.86. The lowest BCUT2D eigenvalue weighted by Crippen LogP contribution is -2.24. The van der Waals surface area contributed by atoms with Crippen molar-refractivity contribution in [2.45, 2.75) is 42.8 Å². The number of para-hydroxylation sites is 1. The monoisotopic (exact) mass is 490 g/mol. The van der Waals surface area contributed by atoms with Crippen molar-refractivity contribution in [3.05, 3.63) is 72.1 Å². The lowest BCUT2D eigenvalue weighted by molar-refractivity contribution is -0.115. The number of thioether (sulfide) groups is 1. The van der Waals surface area contributed by atoms with Crippen molar-refractivity contribution in [1.29, 1.82) is 0 Å². The van der Waals surface area contributed by atoms with E-state index in [2.05, 4.69) is 20.1 Å². The van der Waals surface area contributed by atoms with Crippen LogP contribution in [0.15, 0.2) is 77.3 Å². The summed E-state index contributed by atoms with van der Waals surface area (Å²) in [5, 5.41) is 14.5. The lowest BCUT2D eigenvalue weighted by Gasteiger charge is -2.17. The van der Waals surface area contributed by atoms with Crippen LogP contribution in [0.4, 0.5) is 5.69 Å². The second-order valence-electron chi connectivity index (χ2n) is 8.19. The molecule has 1 aliphatic heterocycles. The van der Waals surface area contributed by atoms with Crippen molar-refractivity contribution in [3.8, 4) is 21.8 Å². The fourth-order valence-electron chi connectivity index (χ4n) is 4.03. The van der Waals surface area contributed by atoms with Gasteiger partial charge in [0.2, 0.25) is 5.91 Å². The van der Waals surface area contributed by atoms with Crippen LogP contribution in [-0.4, -0.2) is 38.6 Å². The molecule has 0 radical (unpaired) electrons. The number of anilines is 1. The van der Waals surface area contributed by atoms with Crippen molar-refractivity contribution in [1.82, 2.24) is 14.8 Å². The number of hydrogen-bond acceptors (Lipinski definition) is 6. The molecular formula is C26H26N4O2S2. The number of carbonyl (C=O) groups excluding carboxylic acids is 1. The molecule has 1 aliphatic rings. The SMILES string of the molecule is CC(Sc1nnc(-c2cccs2)n1CC1CCCO1)C(=O)Nc1ccccc1-c1ccccc1. The third-order valence-corrected chi connectivity index (χ3v) is 7.74. The Labute approximate surface area is 207 Å². The van der Waals surface area contributed by atoms with Gasteiger partial charge in [0.15, 0.2) is 11.0 Å². The number of nitrogens with zero attached hydrogens (tertiary/aromatic N) is 3. The molecule has 2 aromatic heterocycles. The fourth-order valence-corrected chi connectivity index (χ4v) is 5.60. The fraction of sp³-hybridized carbons (Fsp3) is 0.269. The van der Waals surface area contributed by atoms with Crippen LogP contribution in [0.3, 0.4) is 0 Å². The molecule has 174 valence electrons. The maximum atomic E-state index is 13.2. The largest absolute Gasteiger partial charge is 0.376 e. The molecule has 2 aromatic carbocycles. The Bertz CT molecular complexity index is 1230. The highest BCUT2D eigenvalue weighted by Crippen LogP contribution is 2.32. The summed E-state index contributed by atoms with van der Waals surface area (Å²) in [4.78, 5) is 14.2. The van der Waals surface area contributed by atoms with E-state index in [1.54, 1.807) is 11.3 Å². The Hall–Kier alpha value is -2.94. The Morgan fingerprint density at radius 1 is 1.15 bits per heavy atom. The van der Waals surface area contributed by atoms with Crippen molar-refractivity contribution in [3.63, 3.8) is 0 Å². The summed E-state index contributed by atoms with van der Waals surface area (Å²) in [6.07, 6.45) is 2.25. The number of thiophene rings is 1. The molecule has 8 heteroatoms. The first-order valence-corrected chi connectivity index (χ1v) is 13.2. The number of carbonyl (C=O) groups is 1. The molecule has 3 heterocycles. The second-order valence-corrected chi connectivity index (χ2v) is 10.4. The average Bonchev–Trinajstić information content (AvgIpc) is 3.64. The van der Waals surface area contributed by atoms with Crippen LogP contribution in [0.25, 0.3) is 21.8 Å². The molecule has 6 nitrogen and oxygen atoms in total. The van der Waals surface area contributed by atoms with E-state index in [9.17, 15) is 4.79 Å². The summed E-state index contributed by atoms with van der Waals surface area (Å²) in [6.45, 7) is 3.39. The molecule has 4 aromatic rings. The third-order valence-electron chi connectivity index (χ3n) is 5.79. The van der Waals surface area contributed by atoms with Gasteiger partial charge in [0.1, 0.15) is 0 Å². The van der Waals surface area contributed by atoms with Crippen LogP contribution >= 0.6 is 23.1 Å². The number of nitrogens with one attached hydrogen (secondary N) is 1. The number of benzene rings is 2. The maximum absolute atomic E-state index is 13.2. The summed E-state index contributed by atoms with van der Waals surface area (Å²) in [6, 6.07) is 22.0. The van der Waals surface area contributed by atoms with Gasteiger partial charge in [0, 0.05) is 17.9 Å². The van der Waals surface area contributed by atoms with Gasteiger partial charge in [-0.3, -0.25) is 9.36 Å². The summed E-state index contributed by atoms with van der Waals surface area (Å²) >= 11 is 3.06. The molecule has 0 saturated carbocycles. The number of rotatable bonds is 8. The number of aromatic nitrogens is 3. The molecule has 0 bridgehead atoms. The predicted octanol–water partition coefficient (Wildman–Crippen LogP) is 5.97. The zero-order chi connectivity index (χ0) is 23.3. The number of amides is 1. The van der Waals surface area contributed by atoms with Gasteiger partial charge in [-0.25, -0.2) is 0 Å². The van der Waals surface area contributed by atoms with E-state index in [4.69, 9.17) is 4.74 Å². The summed E-state index contributed by atoms with van der Waals surface area (Å²) in [5.74, 6) is 0.757. The van der Waals surface area contributed by atoms with Gasteiger partial charge in [-0.2, -0.15) is 0 Å². The molecule has 2 unspecified atom stereocenters. The molecule has 1 N–H and O–H groups in total. The minimum Gasteiger partial charge on any atom is -0.376 e. The van der Waals surface area contributed by atoms with Gasteiger partial charge in [0.25, 0.3) is 0 Å². The normalized spacial score (nSPS) is 16.4. The van der Waals surface area contributed by atoms with Crippen LogP contribution in [-0.2, 0) is 16.1 Å². The van der Waals surface area contributed by atoms with Gasteiger partial charge in [0.05, 0.1) is 22.8 Å². The minimum absolute atomic E-state index is 0.0716. The van der Waals surface area contributed by atoms with Crippen LogP contribution in [0.5, 0.6) is 0 Å². The van der Waals surface area contributed by atoms with E-state index in [1.807, 2.05) is 79.0 Å². The van der Waals surface area contributed by atoms with Crippen LogP contribution in [0.1, 0.15) is 19.8 Å². The topological polar surface area (TPSA) is 69.0 Å². The van der Waals surface area contributed by atoms with Crippen LogP contribution in [0, 0.1) is 0 Å². The molecule has 1 saturated heterocycles. The zero-order valence-corrected chi connectivity index (χ0v) is 20.5. The van der Waals surface area contributed by atoms with E-state index in [-0.39, 0.29) is 17.3 Å². The van der Waals surface area contributed by atoms with E-state index in [0.29, 0.717) is 6.54 Å². The highest BCUT2D eigenvalue weighted by molar-refractivity contribution is 8.00. The molecule has 0 spiro atoms. The van der Waals surface area contributed by atoms with E-state index in [1.165, 1.54) is 11.8 Å². The zero-order valence-electron chi connectivity index (χ0n) is 18.9. The van der Waals surface area contributed by atoms with Gasteiger partial charge in [-0.05, 0) is 42.8 Å². The Kier molecular flexibility index (Phi) is 7.08. The molecule has 1 fully saturated rings. The Morgan fingerprint density at radius 3 is 2.74 bits per heavy atom. The standard InChI is InChI=1S/C26H26N4O2S2/c1-18(25(31)27-22-13-6-5-12-21(22)19-9-3-2-4-10-19)34-26-29-28-24(23-14-8-16-33-23)30(26)17-20-11-7-15-32-20/h2-6,8-10,12-14,16,18,20H,7,11,15,17H2,1H3,(H,27,31). The summed E-state index contributed by atoms with van der Waals surface area (Å²) in [7, 11) is 0. The van der Waals surface area contributed by atoms with Crippen molar-refractivity contribution < 1.29 is 9.53 Å². The first-order chi connectivity index (χ1) is 16.7. The van der Waals surface area contributed by atoms with Crippen molar-refractivity contribution >= 4 is 34.7 Å². The summed E-state index contributed by atoms with van der Waals surface area (Å²) < 4.78 is 7.98. The first kappa shape index (κ1) is 22.8. The first-order valence-electron chi connectivity index (χ1n) is 11.4. The molecular weight excluding hydrogens is 464 g/mol. The van der Waals surface area contributed by atoms with E-state index >= 15 is 0 Å². The van der Waals surface area contributed by atoms with Crippen LogP contribution in [0.2, 0.25) is 0 Å². The quantitative estimate of drug-likeness (QED) is 0.308. The second kappa shape index (κ2) is 10.5. The Morgan fingerprint density at radius 2 is 1.97 bits per heavy atom. The van der Waals surface area contributed by atoms with Crippen molar-refractivity contribution in [2.75, 3.05) is 11.9 Å². The predicted molar refractivity (Wildman–Crippen MR) is 138 cm³/mol. The minimum atomic E-state index is -0.354. The van der Waals surface area contributed by atoms with E-state index in [0.717, 1.165) is 52.1 Å². The molecule has 1 amide bonds. The average molecular weight is 491 g/mol. The highest BCUT2D eigenvalue weighted by Gasteiger charge is 2.25. The number of hydrogen-bond donors (Lipinski definition) is 1. The van der Waals surface area contributed by atoms with Gasteiger partial charge >= 0.3 is 0 Å². The van der Waals surface area contributed by atoms with Gasteiger partial charge in [-0.1, -0.05) is 66.4 Å². The highest BCUT2D eigenvalue weighted by atomic mass is 32.2. The van der Waals surface area contributed by atoms with Gasteiger partial charge in [-0.15, -0.1) is 21.5 Å². The molecule has 2 atom stereocenters. The number of ether oxygens (including phenoxy) is 1. The Balaban J connectivity index is 1.35. The third kappa shape index (κ3) is 5.09. The smallest absolute Gasteiger partial charge is 0.237 e. The van der Waals surface area contributed by atoms with Gasteiger partial charge < -0.3 is 10.1 Å². The molecule has 5 rings (SSSR count). The maximum Gasteiger partial charge on any atom is 0.237 e. The lowest BCUT2D eigenvalue weighted by atomic mass is 10.0. The van der Waals surface area contributed by atoms with E-state index < -0.39 is 0 Å². The van der Waals surface area contributed by atoms with Crippen LogP contribution < -0.4 is 5.32 Å². The van der Waals surface area contributed by atoms with Crippen molar-refractivity contribution in [2.24, 2.45) is 0 Å². The molecule has 0 aliphatic carbocycles. The molecule has 34 heavy (non-hydrogen) atoms.